The smallest absolute Gasteiger partial charge is 0.303 e. The summed E-state index contributed by atoms with van der Waals surface area (Å²) in [5.41, 5.74) is -0.222. The molecule has 0 unspecified atom stereocenters. The second-order valence-corrected chi connectivity index (χ2v) is 4.52. The van der Waals surface area contributed by atoms with Crippen LogP contribution in [0.5, 0.6) is 0 Å². The van der Waals surface area contributed by atoms with E-state index in [1.54, 1.807) is 0 Å². The summed E-state index contributed by atoms with van der Waals surface area (Å²) in [6.07, 6.45) is 2.71. The van der Waals surface area contributed by atoms with E-state index in [1.165, 1.54) is 0 Å². The van der Waals surface area contributed by atoms with E-state index in [4.69, 9.17) is 20.4 Å². The number of carbonyl (C=O) groups is 2. The standard InChI is InChI=1S/C7H16O2.C6H10O4/c1-3-7(4-2,5-8)6-9;7-5(8)3-1-2-4-6(9)10/h8-9H,3-6H2,1-2H3;1-4H2,(H,7,8)(H,9,10). The molecule has 0 heterocycles. The molecule has 0 rings (SSSR count). The Morgan fingerprint density at radius 3 is 1.26 bits per heavy atom. The van der Waals surface area contributed by atoms with Gasteiger partial charge in [-0.1, -0.05) is 13.8 Å². The second kappa shape index (κ2) is 11.9. The van der Waals surface area contributed by atoms with Gasteiger partial charge in [0.2, 0.25) is 0 Å². The van der Waals surface area contributed by atoms with Crippen LogP contribution in [0.4, 0.5) is 0 Å². The minimum atomic E-state index is -0.870. The van der Waals surface area contributed by atoms with Crippen molar-refractivity contribution in [2.75, 3.05) is 13.2 Å². The van der Waals surface area contributed by atoms with E-state index in [2.05, 4.69) is 0 Å². The third-order valence-electron chi connectivity index (χ3n) is 3.20. The summed E-state index contributed by atoms with van der Waals surface area (Å²) >= 11 is 0. The van der Waals surface area contributed by atoms with Gasteiger partial charge in [-0.15, -0.1) is 0 Å². The number of carboxylic acids is 2. The molecule has 19 heavy (non-hydrogen) atoms. The Labute approximate surface area is 114 Å². The molecule has 0 spiro atoms. The van der Waals surface area contributed by atoms with Crippen molar-refractivity contribution in [1.29, 1.82) is 0 Å². The fourth-order valence-electron chi connectivity index (χ4n) is 1.30. The molecule has 0 aliphatic rings. The predicted octanol–water partition coefficient (Wildman–Crippen LogP) is 1.49. The predicted molar refractivity (Wildman–Crippen MR) is 70.9 cm³/mol. The number of carboxylic acid groups (broad SMARTS) is 2. The molecule has 0 aromatic carbocycles. The third kappa shape index (κ3) is 11.7. The number of aliphatic carboxylic acids is 2. The zero-order valence-corrected chi connectivity index (χ0v) is 11.8. The maximum absolute atomic E-state index is 9.90. The third-order valence-corrected chi connectivity index (χ3v) is 3.20. The Morgan fingerprint density at radius 1 is 0.842 bits per heavy atom. The highest BCUT2D eigenvalue weighted by Crippen LogP contribution is 2.23. The summed E-state index contributed by atoms with van der Waals surface area (Å²) in [7, 11) is 0. The highest BCUT2D eigenvalue weighted by atomic mass is 16.4. The van der Waals surface area contributed by atoms with E-state index in [0.29, 0.717) is 12.8 Å². The minimum absolute atomic E-state index is 0.0628. The van der Waals surface area contributed by atoms with Gasteiger partial charge in [-0.3, -0.25) is 9.59 Å². The lowest BCUT2D eigenvalue weighted by atomic mass is 9.84. The molecule has 114 valence electrons. The van der Waals surface area contributed by atoms with Crippen molar-refractivity contribution < 1.29 is 30.0 Å². The second-order valence-electron chi connectivity index (χ2n) is 4.52. The van der Waals surface area contributed by atoms with E-state index in [0.717, 1.165) is 12.8 Å². The van der Waals surface area contributed by atoms with Gasteiger partial charge in [-0.25, -0.2) is 0 Å². The lowest BCUT2D eigenvalue weighted by molar-refractivity contribution is -0.139. The van der Waals surface area contributed by atoms with Gasteiger partial charge in [-0.2, -0.15) is 0 Å². The zero-order valence-electron chi connectivity index (χ0n) is 11.8. The maximum Gasteiger partial charge on any atom is 0.303 e. The van der Waals surface area contributed by atoms with E-state index in [9.17, 15) is 9.59 Å². The van der Waals surface area contributed by atoms with Crippen LogP contribution in [0, 0.1) is 5.41 Å². The fourth-order valence-corrected chi connectivity index (χ4v) is 1.30. The quantitative estimate of drug-likeness (QED) is 0.475. The van der Waals surface area contributed by atoms with Crippen LogP contribution in [0.3, 0.4) is 0 Å². The first kappa shape index (κ1) is 20.2. The van der Waals surface area contributed by atoms with Gasteiger partial charge < -0.3 is 20.4 Å². The monoisotopic (exact) mass is 278 g/mol. The van der Waals surface area contributed by atoms with Crippen molar-refractivity contribution in [3.63, 3.8) is 0 Å². The number of rotatable bonds is 9. The SMILES string of the molecule is CCC(CC)(CO)CO.O=C(O)CCCCC(=O)O. The molecule has 0 atom stereocenters. The van der Waals surface area contributed by atoms with Gasteiger partial charge in [0.25, 0.3) is 0 Å². The van der Waals surface area contributed by atoms with Gasteiger partial charge >= 0.3 is 11.9 Å². The zero-order chi connectivity index (χ0) is 15.3. The minimum Gasteiger partial charge on any atom is -0.481 e. The topological polar surface area (TPSA) is 115 Å². The van der Waals surface area contributed by atoms with E-state index < -0.39 is 11.9 Å². The Morgan fingerprint density at radius 2 is 1.16 bits per heavy atom. The van der Waals surface area contributed by atoms with Crippen LogP contribution in [-0.4, -0.2) is 45.6 Å². The molecule has 4 N–H and O–H groups in total. The van der Waals surface area contributed by atoms with Crippen molar-refractivity contribution in [3.8, 4) is 0 Å². The highest BCUT2D eigenvalue weighted by Gasteiger charge is 2.23. The molecule has 0 aromatic rings. The lowest BCUT2D eigenvalue weighted by Gasteiger charge is -2.25. The Kier molecular flexibility index (Phi) is 12.7. The van der Waals surface area contributed by atoms with Crippen LogP contribution < -0.4 is 0 Å². The van der Waals surface area contributed by atoms with Crippen molar-refractivity contribution in [2.45, 2.75) is 52.4 Å². The van der Waals surface area contributed by atoms with Crippen LogP contribution in [-0.2, 0) is 9.59 Å². The number of aliphatic hydroxyl groups is 2. The largest absolute Gasteiger partial charge is 0.481 e. The summed E-state index contributed by atoms with van der Waals surface area (Å²) in [6, 6.07) is 0. The van der Waals surface area contributed by atoms with Crippen LogP contribution in [0.25, 0.3) is 0 Å². The Hall–Kier alpha value is -1.14. The van der Waals surface area contributed by atoms with E-state index in [-0.39, 0.29) is 31.5 Å². The van der Waals surface area contributed by atoms with Gasteiger partial charge in [0.15, 0.2) is 0 Å². The first-order chi connectivity index (χ1) is 8.87. The van der Waals surface area contributed by atoms with Crippen molar-refractivity contribution in [1.82, 2.24) is 0 Å². The summed E-state index contributed by atoms with van der Waals surface area (Å²) in [5, 5.41) is 33.9. The van der Waals surface area contributed by atoms with Crippen LogP contribution >= 0.6 is 0 Å². The number of hydrogen-bond donors (Lipinski definition) is 4. The van der Waals surface area contributed by atoms with Crippen LogP contribution in [0.15, 0.2) is 0 Å². The average molecular weight is 278 g/mol. The summed E-state index contributed by atoms with van der Waals surface area (Å²) in [5.74, 6) is -1.74. The van der Waals surface area contributed by atoms with Crippen LogP contribution in [0.1, 0.15) is 52.4 Å². The molecule has 0 amide bonds. The lowest BCUT2D eigenvalue weighted by Crippen LogP contribution is -2.27. The van der Waals surface area contributed by atoms with E-state index >= 15 is 0 Å². The van der Waals surface area contributed by atoms with Gasteiger partial charge in [0, 0.05) is 18.3 Å². The normalized spacial score (nSPS) is 10.5. The molecular weight excluding hydrogens is 252 g/mol. The molecule has 6 nitrogen and oxygen atoms in total. The van der Waals surface area contributed by atoms with Gasteiger partial charge in [0.1, 0.15) is 0 Å². The average Bonchev–Trinajstić information content (AvgIpc) is 2.38. The first-order valence-corrected chi connectivity index (χ1v) is 6.52. The fraction of sp³-hybridized carbons (Fsp3) is 0.846. The van der Waals surface area contributed by atoms with Crippen molar-refractivity contribution >= 4 is 11.9 Å². The molecule has 6 heteroatoms. The number of aliphatic hydroxyl groups excluding tert-OH is 2. The summed E-state index contributed by atoms with van der Waals surface area (Å²) in [6.45, 7) is 4.15. The summed E-state index contributed by atoms with van der Waals surface area (Å²) < 4.78 is 0. The molecule has 0 bridgehead atoms. The Balaban J connectivity index is 0. The molecular formula is C13H26O6. The maximum atomic E-state index is 9.90. The molecule has 0 aliphatic heterocycles. The molecule has 0 aromatic heterocycles. The molecule has 0 saturated heterocycles. The molecule has 0 fully saturated rings. The molecule has 0 saturated carbocycles. The van der Waals surface area contributed by atoms with Crippen molar-refractivity contribution in [3.05, 3.63) is 0 Å². The first-order valence-electron chi connectivity index (χ1n) is 6.52. The van der Waals surface area contributed by atoms with Crippen molar-refractivity contribution in [2.24, 2.45) is 5.41 Å². The number of hydrogen-bond acceptors (Lipinski definition) is 4. The number of unbranched alkanes of at least 4 members (excludes halogenated alkanes) is 1. The van der Waals surface area contributed by atoms with E-state index in [1.807, 2.05) is 13.8 Å². The highest BCUT2D eigenvalue weighted by molar-refractivity contribution is 5.67. The molecule has 0 radical (unpaired) electrons. The Bertz CT molecular complexity index is 214. The van der Waals surface area contributed by atoms with Gasteiger partial charge in [0.05, 0.1) is 13.2 Å². The van der Waals surface area contributed by atoms with Gasteiger partial charge in [-0.05, 0) is 25.7 Å². The van der Waals surface area contributed by atoms with Crippen LogP contribution in [0.2, 0.25) is 0 Å². The summed E-state index contributed by atoms with van der Waals surface area (Å²) in [4.78, 5) is 19.8. The molecule has 0 aliphatic carbocycles.